The topological polar surface area (TPSA) is 35.2 Å². The van der Waals surface area contributed by atoms with E-state index in [0.29, 0.717) is 23.2 Å². The predicted octanol–water partition coefficient (Wildman–Crippen LogP) is 4.71. The Morgan fingerprint density at radius 1 is 1.11 bits per heavy atom. The van der Waals surface area contributed by atoms with Crippen molar-refractivity contribution < 1.29 is 4.74 Å². The van der Waals surface area contributed by atoms with Crippen LogP contribution in [0.25, 0.3) is 0 Å². The van der Waals surface area contributed by atoms with Gasteiger partial charge in [-0.2, -0.15) is 0 Å². The van der Waals surface area contributed by atoms with Crippen molar-refractivity contribution >= 4 is 11.6 Å². The lowest BCUT2D eigenvalue weighted by Gasteiger charge is -2.12. The number of hydrogen-bond donors (Lipinski definition) is 1. The van der Waals surface area contributed by atoms with Crippen LogP contribution in [0.4, 0.5) is 0 Å². The SMILES string of the molecule is CC(C)c1ccc(Oc2cccc(Cl)c2CN)cc1. The van der Waals surface area contributed by atoms with Crippen LogP contribution < -0.4 is 10.5 Å². The summed E-state index contributed by atoms with van der Waals surface area (Å²) in [7, 11) is 0. The molecule has 0 aliphatic heterocycles. The quantitative estimate of drug-likeness (QED) is 0.877. The molecule has 0 unspecified atom stereocenters. The number of benzene rings is 2. The number of hydrogen-bond acceptors (Lipinski definition) is 2. The van der Waals surface area contributed by atoms with Crippen LogP contribution >= 0.6 is 11.6 Å². The lowest BCUT2D eigenvalue weighted by molar-refractivity contribution is 0.476. The summed E-state index contributed by atoms with van der Waals surface area (Å²) in [6.07, 6.45) is 0. The molecule has 2 nitrogen and oxygen atoms in total. The lowest BCUT2D eigenvalue weighted by atomic mass is 10.0. The maximum atomic E-state index is 6.10. The van der Waals surface area contributed by atoms with Gasteiger partial charge in [-0.3, -0.25) is 0 Å². The van der Waals surface area contributed by atoms with Gasteiger partial charge in [-0.25, -0.2) is 0 Å². The molecule has 0 amide bonds. The molecule has 0 heterocycles. The molecule has 2 rings (SSSR count). The van der Waals surface area contributed by atoms with Gasteiger partial charge in [-0.05, 0) is 35.7 Å². The van der Waals surface area contributed by atoms with E-state index in [4.69, 9.17) is 22.1 Å². The second-order valence-electron chi connectivity index (χ2n) is 4.75. The van der Waals surface area contributed by atoms with E-state index in [9.17, 15) is 0 Å². The summed E-state index contributed by atoms with van der Waals surface area (Å²) in [5, 5.41) is 0.638. The number of rotatable bonds is 4. The number of halogens is 1. The molecule has 19 heavy (non-hydrogen) atoms. The van der Waals surface area contributed by atoms with Crippen LogP contribution in [-0.4, -0.2) is 0 Å². The molecule has 0 fully saturated rings. The van der Waals surface area contributed by atoms with Crippen molar-refractivity contribution in [1.82, 2.24) is 0 Å². The minimum atomic E-state index is 0.360. The molecule has 2 aromatic carbocycles. The van der Waals surface area contributed by atoms with Gasteiger partial charge in [0.15, 0.2) is 0 Å². The lowest BCUT2D eigenvalue weighted by Crippen LogP contribution is -2.00. The Labute approximate surface area is 119 Å². The first kappa shape index (κ1) is 13.9. The maximum Gasteiger partial charge on any atom is 0.133 e. The van der Waals surface area contributed by atoms with E-state index in [1.165, 1.54) is 5.56 Å². The first-order valence-corrected chi connectivity index (χ1v) is 6.75. The minimum Gasteiger partial charge on any atom is -0.457 e. The highest BCUT2D eigenvalue weighted by Crippen LogP contribution is 2.30. The van der Waals surface area contributed by atoms with Crippen molar-refractivity contribution in [2.75, 3.05) is 0 Å². The first-order valence-electron chi connectivity index (χ1n) is 6.37. The standard InChI is InChI=1S/C16H18ClNO/c1-11(2)12-6-8-13(9-7-12)19-16-5-3-4-15(17)14(16)10-18/h3-9,11H,10,18H2,1-2H3. The average Bonchev–Trinajstić information content (AvgIpc) is 2.39. The normalized spacial score (nSPS) is 10.8. The van der Waals surface area contributed by atoms with Crippen LogP contribution in [-0.2, 0) is 6.54 Å². The Kier molecular flexibility index (Phi) is 4.46. The molecule has 2 N–H and O–H groups in total. The van der Waals surface area contributed by atoms with Crippen LogP contribution in [0.2, 0.25) is 5.02 Å². The van der Waals surface area contributed by atoms with Gasteiger partial charge in [0.1, 0.15) is 11.5 Å². The van der Waals surface area contributed by atoms with Gasteiger partial charge < -0.3 is 10.5 Å². The minimum absolute atomic E-state index is 0.360. The van der Waals surface area contributed by atoms with E-state index in [2.05, 4.69) is 26.0 Å². The van der Waals surface area contributed by atoms with Crippen LogP contribution in [0.3, 0.4) is 0 Å². The average molecular weight is 276 g/mol. The van der Waals surface area contributed by atoms with Crippen molar-refractivity contribution in [2.24, 2.45) is 5.73 Å². The fourth-order valence-corrected chi connectivity index (χ4v) is 2.12. The summed E-state index contributed by atoms with van der Waals surface area (Å²) in [4.78, 5) is 0. The highest BCUT2D eigenvalue weighted by molar-refractivity contribution is 6.31. The molecule has 0 aliphatic carbocycles. The highest BCUT2D eigenvalue weighted by Gasteiger charge is 2.07. The molecule has 0 aliphatic rings. The summed E-state index contributed by atoms with van der Waals surface area (Å²) < 4.78 is 5.85. The van der Waals surface area contributed by atoms with Crippen LogP contribution in [0.15, 0.2) is 42.5 Å². The van der Waals surface area contributed by atoms with Gasteiger partial charge in [0.2, 0.25) is 0 Å². The number of nitrogens with two attached hydrogens (primary N) is 1. The molecule has 0 bridgehead atoms. The Bertz CT molecular complexity index is 549. The highest BCUT2D eigenvalue weighted by atomic mass is 35.5. The molecule has 3 heteroatoms. The van der Waals surface area contributed by atoms with Crippen molar-refractivity contribution in [1.29, 1.82) is 0 Å². The monoisotopic (exact) mass is 275 g/mol. The number of ether oxygens (including phenoxy) is 1. The fraction of sp³-hybridized carbons (Fsp3) is 0.250. The van der Waals surface area contributed by atoms with Gasteiger partial charge in [-0.15, -0.1) is 0 Å². The molecule has 0 saturated heterocycles. The summed E-state index contributed by atoms with van der Waals surface area (Å²) in [5.74, 6) is 2.02. The van der Waals surface area contributed by atoms with E-state index in [-0.39, 0.29) is 0 Å². The van der Waals surface area contributed by atoms with Crippen molar-refractivity contribution in [2.45, 2.75) is 26.3 Å². The predicted molar refractivity (Wildman–Crippen MR) is 79.9 cm³/mol. The first-order chi connectivity index (χ1) is 9.11. The zero-order valence-electron chi connectivity index (χ0n) is 11.2. The van der Waals surface area contributed by atoms with Gasteiger partial charge in [0, 0.05) is 17.1 Å². The van der Waals surface area contributed by atoms with Gasteiger partial charge in [0.05, 0.1) is 0 Å². The summed E-state index contributed by atoms with van der Waals surface area (Å²) in [6.45, 7) is 4.69. The summed E-state index contributed by atoms with van der Waals surface area (Å²) >= 11 is 6.10. The molecule has 0 saturated carbocycles. The molecule has 0 radical (unpaired) electrons. The third-order valence-electron chi connectivity index (χ3n) is 3.05. The summed E-state index contributed by atoms with van der Waals surface area (Å²) in [5.41, 5.74) is 7.82. The van der Waals surface area contributed by atoms with E-state index >= 15 is 0 Å². The van der Waals surface area contributed by atoms with Crippen LogP contribution in [0.5, 0.6) is 11.5 Å². The second kappa shape index (κ2) is 6.09. The zero-order valence-corrected chi connectivity index (χ0v) is 11.9. The van der Waals surface area contributed by atoms with Crippen molar-refractivity contribution in [3.8, 4) is 11.5 Å². The Morgan fingerprint density at radius 2 is 1.79 bits per heavy atom. The molecule has 0 aromatic heterocycles. The van der Waals surface area contributed by atoms with E-state index < -0.39 is 0 Å². The molecular weight excluding hydrogens is 258 g/mol. The van der Waals surface area contributed by atoms with Crippen molar-refractivity contribution in [3.05, 3.63) is 58.6 Å². The van der Waals surface area contributed by atoms with E-state index in [1.54, 1.807) is 0 Å². The second-order valence-corrected chi connectivity index (χ2v) is 5.15. The molecule has 0 atom stereocenters. The maximum absolute atomic E-state index is 6.10. The molecule has 2 aromatic rings. The Hall–Kier alpha value is -1.51. The van der Waals surface area contributed by atoms with Gasteiger partial charge in [-0.1, -0.05) is 43.6 Å². The smallest absolute Gasteiger partial charge is 0.133 e. The third-order valence-corrected chi connectivity index (χ3v) is 3.41. The van der Waals surface area contributed by atoms with Crippen molar-refractivity contribution in [3.63, 3.8) is 0 Å². The third kappa shape index (κ3) is 3.28. The fourth-order valence-electron chi connectivity index (χ4n) is 1.88. The van der Waals surface area contributed by atoms with E-state index in [0.717, 1.165) is 11.3 Å². The zero-order chi connectivity index (χ0) is 13.8. The Balaban J connectivity index is 2.24. The molecule has 100 valence electrons. The van der Waals surface area contributed by atoms with Gasteiger partial charge in [0.25, 0.3) is 0 Å². The summed E-state index contributed by atoms with van der Waals surface area (Å²) in [6, 6.07) is 13.6. The van der Waals surface area contributed by atoms with E-state index in [1.807, 2.05) is 30.3 Å². The molecule has 0 spiro atoms. The Morgan fingerprint density at radius 3 is 2.37 bits per heavy atom. The van der Waals surface area contributed by atoms with Crippen LogP contribution in [0, 0.1) is 0 Å². The molecular formula is C16H18ClNO. The largest absolute Gasteiger partial charge is 0.457 e. The van der Waals surface area contributed by atoms with Gasteiger partial charge >= 0.3 is 0 Å². The van der Waals surface area contributed by atoms with Crippen LogP contribution in [0.1, 0.15) is 30.9 Å².